The second-order valence-electron chi connectivity index (χ2n) is 2.49. The van der Waals surface area contributed by atoms with Crippen molar-refractivity contribution in [2.24, 2.45) is 0 Å². The summed E-state index contributed by atoms with van der Waals surface area (Å²) in [6.07, 6.45) is -2.09. The zero-order chi connectivity index (χ0) is 10.9. The van der Waals surface area contributed by atoms with E-state index >= 15 is 0 Å². The normalized spacial score (nSPS) is 10.5. The van der Waals surface area contributed by atoms with Crippen LogP contribution in [-0.2, 0) is 0 Å². The maximum atomic E-state index is 12.4. The number of halogens is 2. The maximum Gasteiger partial charge on any atom is 0.340 e. The fourth-order valence-electron chi connectivity index (χ4n) is 1.02. The molecule has 0 bridgehead atoms. The first-order valence-electron chi connectivity index (χ1n) is 3.50. The van der Waals surface area contributed by atoms with Crippen LogP contribution in [-0.4, -0.2) is 16.1 Å². The minimum Gasteiger partial charge on any atom is -0.478 e. The summed E-state index contributed by atoms with van der Waals surface area (Å²) in [5.74, 6) is -2.04. The number of nitrogens with zero attached hydrogens (tertiary/aromatic N) is 1. The quantitative estimate of drug-likeness (QED) is 0.662. The molecule has 1 aromatic rings. The predicted molar refractivity (Wildman–Crippen MR) is 45.0 cm³/mol. The number of nitrogens with two attached hydrogens (primary N) is 2. The molecule has 0 unspecified atom stereocenters. The first kappa shape index (κ1) is 10.2. The van der Waals surface area contributed by atoms with Gasteiger partial charge in [-0.2, -0.15) is 0 Å². The molecule has 1 heterocycles. The molecule has 0 fully saturated rings. The maximum absolute atomic E-state index is 12.4. The highest BCUT2D eigenvalue weighted by Gasteiger charge is 2.24. The highest BCUT2D eigenvalue weighted by Crippen LogP contribution is 2.30. The van der Waals surface area contributed by atoms with Gasteiger partial charge >= 0.3 is 5.97 Å². The number of hydrogen-bond acceptors (Lipinski definition) is 4. The van der Waals surface area contributed by atoms with Crippen molar-refractivity contribution in [1.29, 1.82) is 0 Å². The zero-order valence-electron chi connectivity index (χ0n) is 6.87. The Balaban J connectivity index is 3.50. The molecule has 0 saturated heterocycles. The standard InChI is InChI=1S/C7H7F2N3O2/c8-5(9)3-2(10)1-12-6(11)4(3)7(13)14/h1,5H,10H2,(H2,11,12)(H,13,14). The predicted octanol–water partition coefficient (Wildman–Crippen LogP) is 0.882. The van der Waals surface area contributed by atoms with Gasteiger partial charge in [0, 0.05) is 0 Å². The second kappa shape index (κ2) is 3.44. The van der Waals surface area contributed by atoms with E-state index in [0.717, 1.165) is 6.20 Å². The molecule has 0 aliphatic heterocycles. The molecule has 0 aromatic carbocycles. The number of carbonyl (C=O) groups is 1. The van der Waals surface area contributed by atoms with Crippen molar-refractivity contribution >= 4 is 17.5 Å². The van der Waals surface area contributed by atoms with Crippen LogP contribution in [0.5, 0.6) is 0 Å². The van der Waals surface area contributed by atoms with Crippen LogP contribution in [0.25, 0.3) is 0 Å². The molecule has 0 aliphatic rings. The van der Waals surface area contributed by atoms with Crippen LogP contribution >= 0.6 is 0 Å². The van der Waals surface area contributed by atoms with Crippen LogP contribution in [0.4, 0.5) is 20.3 Å². The Kier molecular flexibility index (Phi) is 2.50. The molecule has 0 radical (unpaired) electrons. The number of aromatic carboxylic acids is 1. The van der Waals surface area contributed by atoms with Gasteiger partial charge in [0.2, 0.25) is 0 Å². The topological polar surface area (TPSA) is 102 Å². The molecule has 5 nitrogen and oxygen atoms in total. The lowest BCUT2D eigenvalue weighted by molar-refractivity contribution is 0.0686. The number of pyridine rings is 1. The van der Waals surface area contributed by atoms with Gasteiger partial charge in [0.1, 0.15) is 11.4 Å². The minimum absolute atomic E-state index is 0.383. The Bertz CT molecular complexity index is 381. The lowest BCUT2D eigenvalue weighted by Crippen LogP contribution is -2.11. The summed E-state index contributed by atoms with van der Waals surface area (Å²) in [4.78, 5) is 14.0. The van der Waals surface area contributed by atoms with Gasteiger partial charge in [0.25, 0.3) is 6.43 Å². The largest absolute Gasteiger partial charge is 0.478 e. The van der Waals surface area contributed by atoms with Crippen molar-refractivity contribution < 1.29 is 18.7 Å². The van der Waals surface area contributed by atoms with Gasteiger partial charge in [-0.3, -0.25) is 0 Å². The van der Waals surface area contributed by atoms with Crippen molar-refractivity contribution in [3.63, 3.8) is 0 Å². The van der Waals surface area contributed by atoms with Crippen molar-refractivity contribution in [2.75, 3.05) is 11.5 Å². The molecule has 5 N–H and O–H groups in total. The van der Waals surface area contributed by atoms with Gasteiger partial charge in [-0.25, -0.2) is 18.6 Å². The fraction of sp³-hybridized carbons (Fsp3) is 0.143. The molecule has 1 rings (SSSR count). The second-order valence-corrected chi connectivity index (χ2v) is 2.49. The van der Waals surface area contributed by atoms with Crippen LogP contribution in [0.15, 0.2) is 6.20 Å². The van der Waals surface area contributed by atoms with Gasteiger partial charge in [0.05, 0.1) is 17.4 Å². The number of nitrogen functional groups attached to an aromatic ring is 2. The third kappa shape index (κ3) is 1.56. The van der Waals surface area contributed by atoms with Gasteiger partial charge < -0.3 is 16.6 Å². The van der Waals surface area contributed by atoms with E-state index in [1.54, 1.807) is 0 Å². The van der Waals surface area contributed by atoms with E-state index in [0.29, 0.717) is 0 Å². The van der Waals surface area contributed by atoms with Gasteiger partial charge in [-0.05, 0) is 0 Å². The average Bonchev–Trinajstić information content (AvgIpc) is 2.07. The van der Waals surface area contributed by atoms with E-state index in [1.165, 1.54) is 0 Å². The Morgan fingerprint density at radius 2 is 2.07 bits per heavy atom. The lowest BCUT2D eigenvalue weighted by Gasteiger charge is -2.09. The molecular formula is C7H7F2N3O2. The monoisotopic (exact) mass is 203 g/mol. The fourth-order valence-corrected chi connectivity index (χ4v) is 1.02. The molecule has 76 valence electrons. The van der Waals surface area contributed by atoms with Gasteiger partial charge in [-0.1, -0.05) is 0 Å². The summed E-state index contributed by atoms with van der Waals surface area (Å²) in [5.41, 5.74) is 8.41. The summed E-state index contributed by atoms with van der Waals surface area (Å²) in [7, 11) is 0. The lowest BCUT2D eigenvalue weighted by atomic mass is 10.1. The van der Waals surface area contributed by atoms with Crippen molar-refractivity contribution in [1.82, 2.24) is 4.98 Å². The molecule has 0 atom stereocenters. The number of carboxylic acids is 1. The molecule has 0 amide bonds. The van der Waals surface area contributed by atoms with Crippen molar-refractivity contribution in [3.8, 4) is 0 Å². The third-order valence-electron chi connectivity index (χ3n) is 1.61. The Hall–Kier alpha value is -1.92. The first-order chi connectivity index (χ1) is 6.45. The van der Waals surface area contributed by atoms with Crippen LogP contribution in [0.2, 0.25) is 0 Å². The average molecular weight is 203 g/mol. The summed E-state index contributed by atoms with van der Waals surface area (Å²) in [6.45, 7) is 0. The van der Waals surface area contributed by atoms with Crippen LogP contribution < -0.4 is 11.5 Å². The minimum atomic E-state index is -2.99. The Morgan fingerprint density at radius 3 is 2.43 bits per heavy atom. The summed E-state index contributed by atoms with van der Waals surface area (Å²) in [6, 6.07) is 0. The number of aromatic nitrogens is 1. The number of alkyl halides is 2. The highest BCUT2D eigenvalue weighted by molar-refractivity contribution is 5.95. The van der Waals surface area contributed by atoms with Crippen LogP contribution in [0.1, 0.15) is 22.3 Å². The van der Waals surface area contributed by atoms with Gasteiger partial charge in [0.15, 0.2) is 0 Å². The molecule has 0 spiro atoms. The van der Waals surface area contributed by atoms with E-state index in [1.807, 2.05) is 0 Å². The van der Waals surface area contributed by atoms with Crippen LogP contribution in [0.3, 0.4) is 0 Å². The Labute approximate surface area is 77.3 Å². The molecular weight excluding hydrogens is 196 g/mol. The smallest absolute Gasteiger partial charge is 0.340 e. The molecule has 0 saturated carbocycles. The highest BCUT2D eigenvalue weighted by atomic mass is 19.3. The first-order valence-corrected chi connectivity index (χ1v) is 3.50. The van der Waals surface area contributed by atoms with Gasteiger partial charge in [-0.15, -0.1) is 0 Å². The zero-order valence-corrected chi connectivity index (χ0v) is 6.87. The van der Waals surface area contributed by atoms with E-state index in [-0.39, 0.29) is 5.69 Å². The number of anilines is 2. The van der Waals surface area contributed by atoms with E-state index in [4.69, 9.17) is 16.6 Å². The van der Waals surface area contributed by atoms with E-state index in [9.17, 15) is 13.6 Å². The molecule has 14 heavy (non-hydrogen) atoms. The number of hydrogen-bond donors (Lipinski definition) is 3. The SMILES string of the molecule is Nc1cnc(N)c(C(=O)O)c1C(F)F. The summed E-state index contributed by atoms with van der Waals surface area (Å²) < 4.78 is 24.8. The third-order valence-corrected chi connectivity index (χ3v) is 1.61. The van der Waals surface area contributed by atoms with E-state index < -0.39 is 29.3 Å². The van der Waals surface area contributed by atoms with E-state index in [2.05, 4.69) is 4.98 Å². The number of rotatable bonds is 2. The van der Waals surface area contributed by atoms with Crippen molar-refractivity contribution in [2.45, 2.75) is 6.43 Å². The molecule has 0 aliphatic carbocycles. The molecule has 7 heteroatoms. The summed E-state index contributed by atoms with van der Waals surface area (Å²) in [5, 5.41) is 8.61. The molecule has 1 aromatic heterocycles. The van der Waals surface area contributed by atoms with Crippen LogP contribution in [0, 0.1) is 0 Å². The van der Waals surface area contributed by atoms with Crippen molar-refractivity contribution in [3.05, 3.63) is 17.3 Å². The summed E-state index contributed by atoms with van der Waals surface area (Å²) >= 11 is 0. The Morgan fingerprint density at radius 1 is 1.50 bits per heavy atom. The number of carboxylic acid groups (broad SMARTS) is 1.